The van der Waals surface area contributed by atoms with E-state index in [2.05, 4.69) is 32.8 Å². The van der Waals surface area contributed by atoms with E-state index >= 15 is 0 Å². The SMILES string of the molecule is C=CCOc1c(Br)cc(/C=C2/SC(=Nc3cccc(Cl)c3)NC2=O)cc1OCC. The Balaban J connectivity index is 1.87. The van der Waals surface area contributed by atoms with Crippen LogP contribution in [0.5, 0.6) is 11.5 Å². The number of nitrogens with one attached hydrogen (secondary N) is 1. The molecule has 1 N–H and O–H groups in total. The van der Waals surface area contributed by atoms with Crippen molar-refractivity contribution in [3.05, 3.63) is 69.0 Å². The molecule has 0 aliphatic carbocycles. The maximum Gasteiger partial charge on any atom is 0.264 e. The molecule has 1 amide bonds. The quantitative estimate of drug-likeness (QED) is 0.382. The molecule has 1 fully saturated rings. The molecule has 0 bridgehead atoms. The number of halogens is 2. The summed E-state index contributed by atoms with van der Waals surface area (Å²) in [5, 5.41) is 3.86. The van der Waals surface area contributed by atoms with Crippen molar-refractivity contribution in [1.29, 1.82) is 0 Å². The third-order valence-corrected chi connectivity index (χ3v) is 5.40. The van der Waals surface area contributed by atoms with E-state index in [1.54, 1.807) is 24.3 Å². The van der Waals surface area contributed by atoms with E-state index < -0.39 is 0 Å². The third-order valence-electron chi connectivity index (χ3n) is 3.66. The topological polar surface area (TPSA) is 59.9 Å². The van der Waals surface area contributed by atoms with Crippen LogP contribution in [0.15, 0.2) is 63.4 Å². The van der Waals surface area contributed by atoms with Gasteiger partial charge in [-0.2, -0.15) is 0 Å². The predicted molar refractivity (Wildman–Crippen MR) is 123 cm³/mol. The number of carbonyl (C=O) groups is 1. The molecule has 3 rings (SSSR count). The van der Waals surface area contributed by atoms with Crippen LogP contribution >= 0.6 is 39.3 Å². The zero-order chi connectivity index (χ0) is 20.8. The highest BCUT2D eigenvalue weighted by Crippen LogP contribution is 2.38. The number of benzene rings is 2. The summed E-state index contributed by atoms with van der Waals surface area (Å²) in [5.74, 6) is 0.976. The number of ether oxygens (including phenoxy) is 2. The van der Waals surface area contributed by atoms with Gasteiger partial charge in [-0.3, -0.25) is 4.79 Å². The standard InChI is InChI=1S/C21H18BrClN2O3S/c1-3-8-28-19-16(22)9-13(10-17(19)27-4-2)11-18-20(26)25-21(29-18)24-15-7-5-6-14(23)12-15/h3,5-7,9-12H,1,4,8H2,2H3,(H,24,25,26)/b18-11+. The van der Waals surface area contributed by atoms with Crippen molar-refractivity contribution in [2.75, 3.05) is 13.2 Å². The number of amidine groups is 1. The minimum atomic E-state index is -0.211. The minimum absolute atomic E-state index is 0.211. The predicted octanol–water partition coefficient (Wildman–Crippen LogP) is 5.96. The Bertz CT molecular complexity index is 1010. The molecule has 5 nitrogen and oxygen atoms in total. The van der Waals surface area contributed by atoms with Gasteiger partial charge in [0, 0.05) is 5.02 Å². The summed E-state index contributed by atoms with van der Waals surface area (Å²) in [6.45, 7) is 6.41. The Labute approximate surface area is 187 Å². The lowest BCUT2D eigenvalue weighted by molar-refractivity contribution is -0.115. The summed E-state index contributed by atoms with van der Waals surface area (Å²) in [5.41, 5.74) is 1.47. The smallest absolute Gasteiger partial charge is 0.264 e. The fourth-order valence-electron chi connectivity index (χ4n) is 2.51. The molecular formula is C21H18BrClN2O3S. The van der Waals surface area contributed by atoms with Crippen molar-refractivity contribution in [2.24, 2.45) is 4.99 Å². The van der Waals surface area contributed by atoms with Crippen LogP contribution in [0.3, 0.4) is 0 Å². The first-order valence-electron chi connectivity index (χ1n) is 8.75. The number of aliphatic imine (C=N–C) groups is 1. The lowest BCUT2D eigenvalue weighted by Crippen LogP contribution is -2.19. The Morgan fingerprint density at radius 1 is 1.31 bits per heavy atom. The maximum atomic E-state index is 12.4. The van der Waals surface area contributed by atoms with Gasteiger partial charge in [0.1, 0.15) is 6.61 Å². The summed E-state index contributed by atoms with van der Waals surface area (Å²) >= 11 is 10.8. The van der Waals surface area contributed by atoms with Gasteiger partial charge in [-0.15, -0.1) is 0 Å². The number of rotatable bonds is 7. The lowest BCUT2D eigenvalue weighted by Gasteiger charge is -2.13. The van der Waals surface area contributed by atoms with E-state index in [9.17, 15) is 4.79 Å². The zero-order valence-corrected chi connectivity index (χ0v) is 18.7. The van der Waals surface area contributed by atoms with Gasteiger partial charge >= 0.3 is 0 Å². The molecule has 2 aromatic carbocycles. The van der Waals surface area contributed by atoms with Crippen molar-refractivity contribution < 1.29 is 14.3 Å². The van der Waals surface area contributed by atoms with Gasteiger partial charge in [0.2, 0.25) is 0 Å². The number of thioether (sulfide) groups is 1. The van der Waals surface area contributed by atoms with Gasteiger partial charge in [-0.25, -0.2) is 4.99 Å². The monoisotopic (exact) mass is 492 g/mol. The number of amides is 1. The van der Waals surface area contributed by atoms with Crippen LogP contribution in [0.4, 0.5) is 5.69 Å². The van der Waals surface area contributed by atoms with E-state index in [1.807, 2.05) is 31.2 Å². The molecule has 0 saturated carbocycles. The van der Waals surface area contributed by atoms with Gasteiger partial charge in [0.05, 0.1) is 21.7 Å². The molecule has 0 radical (unpaired) electrons. The number of nitrogens with zero attached hydrogens (tertiary/aromatic N) is 1. The van der Waals surface area contributed by atoms with Crippen molar-refractivity contribution in [2.45, 2.75) is 6.92 Å². The Hall–Kier alpha value is -2.22. The first-order valence-corrected chi connectivity index (χ1v) is 10.7. The van der Waals surface area contributed by atoms with Crippen molar-refractivity contribution >= 4 is 62.1 Å². The zero-order valence-electron chi connectivity index (χ0n) is 15.6. The highest BCUT2D eigenvalue weighted by Gasteiger charge is 2.24. The molecule has 1 aliphatic heterocycles. The summed E-state index contributed by atoms with van der Waals surface area (Å²) in [6.07, 6.45) is 3.45. The highest BCUT2D eigenvalue weighted by atomic mass is 79.9. The first-order chi connectivity index (χ1) is 14.0. The van der Waals surface area contributed by atoms with Gasteiger partial charge in [0.15, 0.2) is 16.7 Å². The lowest BCUT2D eigenvalue weighted by atomic mass is 10.2. The van der Waals surface area contributed by atoms with Crippen LogP contribution in [0.25, 0.3) is 6.08 Å². The average molecular weight is 494 g/mol. The molecular weight excluding hydrogens is 476 g/mol. The van der Waals surface area contributed by atoms with E-state index in [4.69, 9.17) is 21.1 Å². The molecule has 0 unspecified atom stereocenters. The summed E-state index contributed by atoms with van der Waals surface area (Å²) in [4.78, 5) is 17.3. The van der Waals surface area contributed by atoms with Crippen LogP contribution in [0.1, 0.15) is 12.5 Å². The second kappa shape index (κ2) is 10.0. The first kappa shape index (κ1) is 21.5. The minimum Gasteiger partial charge on any atom is -0.490 e. The van der Waals surface area contributed by atoms with Crippen molar-refractivity contribution in [3.63, 3.8) is 0 Å². The number of hydrogen-bond acceptors (Lipinski definition) is 5. The maximum absolute atomic E-state index is 12.4. The van der Waals surface area contributed by atoms with Gasteiger partial charge < -0.3 is 14.8 Å². The van der Waals surface area contributed by atoms with Crippen LogP contribution in [0.2, 0.25) is 5.02 Å². The number of carbonyl (C=O) groups excluding carboxylic acids is 1. The summed E-state index contributed by atoms with van der Waals surface area (Å²) < 4.78 is 12.1. The third kappa shape index (κ3) is 5.65. The normalized spacial score (nSPS) is 16.2. The molecule has 150 valence electrons. The molecule has 1 aliphatic rings. The molecule has 0 aromatic heterocycles. The Morgan fingerprint density at radius 3 is 2.86 bits per heavy atom. The van der Waals surface area contributed by atoms with Crippen molar-refractivity contribution in [3.8, 4) is 11.5 Å². The van der Waals surface area contributed by atoms with E-state index in [0.717, 1.165) is 10.0 Å². The fraction of sp³-hybridized carbons (Fsp3) is 0.143. The summed E-state index contributed by atoms with van der Waals surface area (Å²) in [6, 6.07) is 10.8. The average Bonchev–Trinajstić information content (AvgIpc) is 3.00. The van der Waals surface area contributed by atoms with Gasteiger partial charge in [0.25, 0.3) is 5.91 Å². The Kier molecular flexibility index (Phi) is 7.41. The molecule has 29 heavy (non-hydrogen) atoms. The van der Waals surface area contributed by atoms with E-state index in [-0.39, 0.29) is 5.91 Å². The van der Waals surface area contributed by atoms with Crippen molar-refractivity contribution in [1.82, 2.24) is 5.32 Å². The molecule has 0 spiro atoms. The molecule has 1 heterocycles. The number of hydrogen-bond donors (Lipinski definition) is 1. The Morgan fingerprint density at radius 2 is 2.14 bits per heavy atom. The summed E-state index contributed by atoms with van der Waals surface area (Å²) in [7, 11) is 0. The van der Waals surface area contributed by atoms with Crippen LogP contribution < -0.4 is 14.8 Å². The highest BCUT2D eigenvalue weighted by molar-refractivity contribution is 9.10. The molecule has 1 saturated heterocycles. The largest absolute Gasteiger partial charge is 0.490 e. The van der Waals surface area contributed by atoms with Crippen LogP contribution in [-0.4, -0.2) is 24.3 Å². The van der Waals surface area contributed by atoms with Gasteiger partial charge in [-0.05, 0) is 76.6 Å². The fourth-order valence-corrected chi connectivity index (χ4v) is 4.11. The van der Waals surface area contributed by atoms with E-state index in [1.165, 1.54) is 11.8 Å². The van der Waals surface area contributed by atoms with Crippen LogP contribution in [-0.2, 0) is 4.79 Å². The second-order valence-electron chi connectivity index (χ2n) is 5.82. The van der Waals surface area contributed by atoms with E-state index in [0.29, 0.717) is 45.5 Å². The molecule has 8 heteroatoms. The molecule has 2 aromatic rings. The second-order valence-corrected chi connectivity index (χ2v) is 8.15. The molecule has 0 atom stereocenters. The van der Waals surface area contributed by atoms with Gasteiger partial charge in [-0.1, -0.05) is 30.3 Å². The van der Waals surface area contributed by atoms with Crippen LogP contribution in [0, 0.1) is 0 Å².